The number of Topliss-reactive ketones (excluding diaryl/α,β-unsaturated/α-hetero) is 2. The van der Waals surface area contributed by atoms with Crippen molar-refractivity contribution < 1.29 is 28.6 Å². The highest BCUT2D eigenvalue weighted by Gasteiger charge is 2.63. The first kappa shape index (κ1) is 21.5. The van der Waals surface area contributed by atoms with E-state index in [9.17, 15) is 14.4 Å². The van der Waals surface area contributed by atoms with Crippen molar-refractivity contribution in [3.05, 3.63) is 45.9 Å². The van der Waals surface area contributed by atoms with Gasteiger partial charge in [0, 0.05) is 48.8 Å². The van der Waals surface area contributed by atoms with Gasteiger partial charge in [-0.25, -0.2) is 0 Å². The van der Waals surface area contributed by atoms with Gasteiger partial charge in [-0.05, 0) is 12.0 Å². The summed E-state index contributed by atoms with van der Waals surface area (Å²) < 4.78 is 18.5. The molecular weight excluding hydrogens is 450 g/mol. The van der Waals surface area contributed by atoms with Crippen LogP contribution < -0.4 is 19.5 Å². The second-order valence-corrected chi connectivity index (χ2v) is 8.92. The number of amides is 1. The summed E-state index contributed by atoms with van der Waals surface area (Å²) in [5, 5.41) is 7.12. The predicted molar refractivity (Wildman–Crippen MR) is 117 cm³/mol. The van der Waals surface area contributed by atoms with E-state index in [1.165, 1.54) is 20.3 Å². The zero-order valence-electron chi connectivity index (χ0n) is 18.5. The van der Waals surface area contributed by atoms with Gasteiger partial charge in [0.05, 0.1) is 20.4 Å². The molecule has 33 heavy (non-hydrogen) atoms. The summed E-state index contributed by atoms with van der Waals surface area (Å²) in [4.78, 5) is 40.4. The Morgan fingerprint density at radius 2 is 1.91 bits per heavy atom. The SMILES string of the molecule is COc1cc(OC)c2c(c1Cl)OC1(C(=O)C3=C(CC1C)NC(=O)CC3c1cnn(C)c1)C2=O. The molecule has 2 aromatic rings. The Balaban J connectivity index is 1.67. The molecule has 9 nitrogen and oxygen atoms in total. The molecule has 3 aliphatic rings. The fourth-order valence-corrected chi connectivity index (χ4v) is 5.36. The van der Waals surface area contributed by atoms with Gasteiger partial charge in [-0.1, -0.05) is 18.5 Å². The number of benzene rings is 1. The maximum atomic E-state index is 14.1. The van der Waals surface area contributed by atoms with E-state index in [-0.39, 0.29) is 46.6 Å². The van der Waals surface area contributed by atoms with Gasteiger partial charge >= 0.3 is 0 Å². The van der Waals surface area contributed by atoms with Crippen LogP contribution in [0, 0.1) is 5.92 Å². The number of allylic oxidation sites excluding steroid dienone is 1. The molecule has 0 saturated carbocycles. The summed E-state index contributed by atoms with van der Waals surface area (Å²) in [5.41, 5.74) is -0.0916. The quantitative estimate of drug-likeness (QED) is 0.685. The minimum atomic E-state index is -1.81. The van der Waals surface area contributed by atoms with Crippen LogP contribution >= 0.6 is 11.6 Å². The molecule has 1 aromatic carbocycles. The normalized spacial score (nSPS) is 26.2. The largest absolute Gasteiger partial charge is 0.496 e. The van der Waals surface area contributed by atoms with Gasteiger partial charge in [-0.15, -0.1) is 0 Å². The second-order valence-electron chi connectivity index (χ2n) is 8.54. The molecule has 1 spiro atoms. The van der Waals surface area contributed by atoms with Gasteiger partial charge in [-0.2, -0.15) is 5.10 Å². The number of halogens is 1. The number of ketones is 2. The average molecular weight is 472 g/mol. The third kappa shape index (κ3) is 2.84. The minimum Gasteiger partial charge on any atom is -0.496 e. The van der Waals surface area contributed by atoms with Crippen molar-refractivity contribution in [1.29, 1.82) is 0 Å². The predicted octanol–water partition coefficient (Wildman–Crippen LogP) is 2.57. The summed E-state index contributed by atoms with van der Waals surface area (Å²) in [6.45, 7) is 1.75. The van der Waals surface area contributed by atoms with E-state index in [0.717, 1.165) is 5.56 Å². The van der Waals surface area contributed by atoms with Crippen LogP contribution in [0.5, 0.6) is 17.2 Å². The van der Waals surface area contributed by atoms with Crippen molar-refractivity contribution in [3.8, 4) is 17.2 Å². The van der Waals surface area contributed by atoms with E-state index >= 15 is 0 Å². The second kappa shape index (κ2) is 7.34. The molecule has 0 radical (unpaired) electrons. The molecule has 172 valence electrons. The lowest BCUT2D eigenvalue weighted by Crippen LogP contribution is -2.59. The number of carbonyl (C=O) groups is 3. The zero-order chi connectivity index (χ0) is 23.7. The molecular formula is C23H22ClN3O6. The van der Waals surface area contributed by atoms with Gasteiger partial charge < -0.3 is 19.5 Å². The van der Waals surface area contributed by atoms with Crippen molar-refractivity contribution >= 4 is 29.1 Å². The molecule has 0 fully saturated rings. The lowest BCUT2D eigenvalue weighted by Gasteiger charge is -2.41. The number of nitrogens with one attached hydrogen (secondary N) is 1. The number of hydrogen-bond donors (Lipinski definition) is 1. The first-order chi connectivity index (χ1) is 15.7. The highest BCUT2D eigenvalue weighted by molar-refractivity contribution is 6.36. The van der Waals surface area contributed by atoms with Crippen molar-refractivity contribution in [3.63, 3.8) is 0 Å². The third-order valence-corrected chi connectivity index (χ3v) is 7.04. The summed E-state index contributed by atoms with van der Waals surface area (Å²) in [6.07, 6.45) is 3.74. The van der Waals surface area contributed by atoms with E-state index in [2.05, 4.69) is 10.4 Å². The summed E-state index contributed by atoms with van der Waals surface area (Å²) in [7, 11) is 4.62. The fraction of sp³-hybridized carbons (Fsp3) is 0.391. The van der Waals surface area contributed by atoms with E-state index in [0.29, 0.717) is 11.3 Å². The number of carbonyl (C=O) groups excluding carboxylic acids is 3. The molecule has 3 heterocycles. The molecule has 1 N–H and O–H groups in total. The Morgan fingerprint density at radius 3 is 2.55 bits per heavy atom. The fourth-order valence-electron chi connectivity index (χ4n) is 5.09. The molecule has 2 aliphatic heterocycles. The summed E-state index contributed by atoms with van der Waals surface area (Å²) in [5.74, 6) is -1.72. The Morgan fingerprint density at radius 1 is 1.18 bits per heavy atom. The number of hydrogen-bond acceptors (Lipinski definition) is 7. The summed E-state index contributed by atoms with van der Waals surface area (Å²) >= 11 is 6.48. The van der Waals surface area contributed by atoms with Crippen LogP contribution in [0.1, 0.15) is 41.6 Å². The molecule has 3 atom stereocenters. The van der Waals surface area contributed by atoms with Crippen LogP contribution in [0.3, 0.4) is 0 Å². The molecule has 1 amide bonds. The van der Waals surface area contributed by atoms with Crippen molar-refractivity contribution in [2.45, 2.75) is 31.3 Å². The standard InChI is InChI=1S/C23H22ClN3O6/c1-10-5-13-17(12(6-16(28)26-13)11-8-25-27(2)9-11)21(29)23(10)22(30)18-14(31-3)7-15(32-4)19(24)20(18)33-23/h7-10,12H,5-6H2,1-4H3,(H,26,28). The molecule has 0 saturated heterocycles. The van der Waals surface area contributed by atoms with Gasteiger partial charge in [0.15, 0.2) is 5.75 Å². The van der Waals surface area contributed by atoms with Crippen molar-refractivity contribution in [1.82, 2.24) is 15.1 Å². The van der Waals surface area contributed by atoms with E-state index in [1.807, 2.05) is 0 Å². The van der Waals surface area contributed by atoms with Crippen molar-refractivity contribution in [2.75, 3.05) is 14.2 Å². The van der Waals surface area contributed by atoms with Gasteiger partial charge in [0.25, 0.3) is 0 Å². The van der Waals surface area contributed by atoms with E-state index < -0.39 is 29.0 Å². The van der Waals surface area contributed by atoms with Crippen LogP contribution in [-0.2, 0) is 16.6 Å². The Bertz CT molecular complexity index is 1270. The van der Waals surface area contributed by atoms with E-state index in [4.69, 9.17) is 25.8 Å². The lowest BCUT2D eigenvalue weighted by atomic mass is 9.66. The first-order valence-corrected chi connectivity index (χ1v) is 10.8. The van der Waals surface area contributed by atoms with Crippen molar-refractivity contribution in [2.24, 2.45) is 13.0 Å². The highest BCUT2D eigenvalue weighted by atomic mass is 35.5. The highest BCUT2D eigenvalue weighted by Crippen LogP contribution is 2.55. The first-order valence-electron chi connectivity index (χ1n) is 10.5. The number of fused-ring (bicyclic) bond motifs is 1. The van der Waals surface area contributed by atoms with Gasteiger partial charge in [0.2, 0.25) is 23.1 Å². The van der Waals surface area contributed by atoms with Crippen LogP contribution in [0.2, 0.25) is 5.02 Å². The Hall–Kier alpha value is -3.33. The smallest absolute Gasteiger partial charge is 0.236 e. The topological polar surface area (TPSA) is 109 Å². The molecule has 1 aromatic heterocycles. The number of methoxy groups -OCH3 is 2. The zero-order valence-corrected chi connectivity index (χ0v) is 19.3. The number of ether oxygens (including phenoxy) is 3. The number of rotatable bonds is 3. The third-order valence-electron chi connectivity index (χ3n) is 6.69. The molecule has 0 bridgehead atoms. The van der Waals surface area contributed by atoms with E-state index in [1.54, 1.807) is 31.0 Å². The number of nitrogens with zero attached hydrogens (tertiary/aromatic N) is 2. The maximum absolute atomic E-state index is 14.1. The minimum absolute atomic E-state index is 0.0692. The molecule has 3 unspecified atom stereocenters. The van der Waals surface area contributed by atoms with Gasteiger partial charge in [-0.3, -0.25) is 19.1 Å². The number of aromatic nitrogens is 2. The van der Waals surface area contributed by atoms with Crippen LogP contribution in [-0.4, -0.2) is 47.1 Å². The Labute approximate surface area is 194 Å². The molecule has 5 rings (SSSR count). The summed E-state index contributed by atoms with van der Waals surface area (Å²) in [6, 6.07) is 1.50. The average Bonchev–Trinajstić information content (AvgIpc) is 3.35. The maximum Gasteiger partial charge on any atom is 0.236 e. The Kier molecular flexibility index (Phi) is 4.79. The number of aryl methyl sites for hydroxylation is 1. The lowest BCUT2D eigenvalue weighted by molar-refractivity contribution is -0.131. The monoisotopic (exact) mass is 471 g/mol. The van der Waals surface area contributed by atoms with Gasteiger partial charge in [0.1, 0.15) is 22.1 Å². The van der Waals surface area contributed by atoms with Crippen LogP contribution in [0.4, 0.5) is 0 Å². The molecule has 10 heteroatoms. The van der Waals surface area contributed by atoms with Crippen LogP contribution in [0.25, 0.3) is 0 Å². The molecule has 1 aliphatic carbocycles. The van der Waals surface area contributed by atoms with Crippen LogP contribution in [0.15, 0.2) is 29.7 Å².